The summed E-state index contributed by atoms with van der Waals surface area (Å²) in [6, 6.07) is 7.57. The minimum Gasteiger partial charge on any atom is -0.451 e. The highest BCUT2D eigenvalue weighted by Crippen LogP contribution is 2.23. The largest absolute Gasteiger partial charge is 0.451 e. The van der Waals surface area contributed by atoms with Crippen LogP contribution in [0.2, 0.25) is 5.02 Å². The quantitative estimate of drug-likeness (QED) is 0.564. The summed E-state index contributed by atoms with van der Waals surface area (Å²) >= 11 is 5.72. The molecule has 0 spiro atoms. The van der Waals surface area contributed by atoms with Crippen molar-refractivity contribution in [2.75, 3.05) is 0 Å². The van der Waals surface area contributed by atoms with E-state index in [1.54, 1.807) is 0 Å². The lowest BCUT2D eigenvalue weighted by molar-refractivity contribution is 0.606. The third-order valence-electron chi connectivity index (χ3n) is 1.37. The number of rotatable bonds is 0. The van der Waals surface area contributed by atoms with Gasteiger partial charge in [-0.3, -0.25) is 0 Å². The molecule has 0 aliphatic rings. The Kier molecular flexibility index (Phi) is 1.18. The van der Waals surface area contributed by atoms with E-state index < -0.39 is 0 Å². The molecule has 10 heavy (non-hydrogen) atoms. The molecule has 0 amide bonds. The molecule has 0 N–H and O–H groups in total. The third-order valence-corrected chi connectivity index (χ3v) is 1.65. The molecular weight excluding hydrogens is 148 g/mol. The highest BCUT2D eigenvalue weighted by Gasteiger charge is 2.00. The highest BCUT2D eigenvalue weighted by molar-refractivity contribution is 6.35. The summed E-state index contributed by atoms with van der Waals surface area (Å²) in [6.45, 7) is 0. The predicted molar refractivity (Wildman–Crippen MR) is 40.1 cm³/mol. The maximum Gasteiger partial charge on any atom is 0.190 e. The Balaban J connectivity index is 2.93. The first kappa shape index (κ1) is 5.81. The van der Waals surface area contributed by atoms with Crippen molar-refractivity contribution in [2.24, 2.45) is 0 Å². The zero-order valence-corrected chi connectivity index (χ0v) is 5.85. The van der Waals surface area contributed by atoms with Crippen LogP contribution in [0.4, 0.5) is 0 Å². The fourth-order valence-electron chi connectivity index (χ4n) is 0.892. The van der Waals surface area contributed by atoms with Gasteiger partial charge in [-0.25, -0.2) is 0 Å². The summed E-state index contributed by atoms with van der Waals surface area (Å²) < 4.78 is 4.99. The van der Waals surface area contributed by atoms with Gasteiger partial charge in [-0.05, 0) is 12.1 Å². The standard InChI is InChI=1S/C8H4ClO/c9-7-5-10-8-4-2-1-3-6(7)8/h1-4H. The van der Waals surface area contributed by atoms with Gasteiger partial charge >= 0.3 is 0 Å². The molecule has 1 aromatic carbocycles. The molecular formula is C8H4ClO. The van der Waals surface area contributed by atoms with E-state index >= 15 is 0 Å². The van der Waals surface area contributed by atoms with E-state index in [0.29, 0.717) is 5.02 Å². The molecule has 1 nitrogen and oxygen atoms in total. The maximum absolute atomic E-state index is 5.72. The average Bonchev–Trinajstić information content (AvgIpc) is 2.34. The van der Waals surface area contributed by atoms with Crippen molar-refractivity contribution in [3.05, 3.63) is 35.6 Å². The molecule has 0 aliphatic carbocycles. The number of hydrogen-bond acceptors (Lipinski definition) is 1. The number of fused-ring (bicyclic) bond motifs is 1. The molecule has 2 aromatic rings. The van der Waals surface area contributed by atoms with Crippen molar-refractivity contribution in [3.63, 3.8) is 0 Å². The fraction of sp³-hybridized carbons (Fsp3) is 0. The van der Waals surface area contributed by atoms with Gasteiger partial charge in [0.05, 0.1) is 5.02 Å². The van der Waals surface area contributed by atoms with E-state index in [0.717, 1.165) is 11.0 Å². The average molecular weight is 152 g/mol. The molecule has 1 heterocycles. The molecule has 1 aromatic heterocycles. The molecule has 0 fully saturated rings. The molecule has 1 radical (unpaired) electrons. The second kappa shape index (κ2) is 2.03. The Bertz CT molecular complexity index is 351. The van der Waals surface area contributed by atoms with Crippen LogP contribution in [0.25, 0.3) is 11.0 Å². The summed E-state index contributed by atoms with van der Waals surface area (Å²) in [5.74, 6) is 0. The van der Waals surface area contributed by atoms with Crippen molar-refractivity contribution >= 4 is 22.6 Å². The van der Waals surface area contributed by atoms with Crippen LogP contribution in [0.5, 0.6) is 0 Å². The van der Waals surface area contributed by atoms with Crippen LogP contribution in [-0.4, -0.2) is 0 Å². The fourth-order valence-corrected chi connectivity index (χ4v) is 1.09. The maximum atomic E-state index is 5.72. The van der Waals surface area contributed by atoms with E-state index in [4.69, 9.17) is 16.0 Å². The van der Waals surface area contributed by atoms with E-state index in [9.17, 15) is 0 Å². The van der Waals surface area contributed by atoms with Gasteiger partial charge in [-0.15, -0.1) is 0 Å². The van der Waals surface area contributed by atoms with Crippen LogP contribution in [0, 0.1) is 6.26 Å². The lowest BCUT2D eigenvalue weighted by atomic mass is 10.3. The molecule has 0 saturated carbocycles. The number of furan rings is 1. The Morgan fingerprint density at radius 2 is 2.10 bits per heavy atom. The molecule has 0 aliphatic heterocycles. The highest BCUT2D eigenvalue weighted by atomic mass is 35.5. The summed E-state index contributed by atoms with van der Waals surface area (Å²) in [5, 5.41) is 1.47. The first-order chi connectivity index (χ1) is 4.88. The molecule has 0 unspecified atom stereocenters. The van der Waals surface area contributed by atoms with Crippen LogP contribution in [0.3, 0.4) is 0 Å². The smallest absolute Gasteiger partial charge is 0.190 e. The summed E-state index contributed by atoms with van der Waals surface area (Å²) in [6.07, 6.45) is 2.57. The van der Waals surface area contributed by atoms with Gasteiger partial charge in [0.15, 0.2) is 6.26 Å². The van der Waals surface area contributed by atoms with Gasteiger partial charge in [0.1, 0.15) is 5.58 Å². The van der Waals surface area contributed by atoms with Crippen molar-refractivity contribution < 1.29 is 4.42 Å². The van der Waals surface area contributed by atoms with Gasteiger partial charge in [-0.1, -0.05) is 23.7 Å². The molecule has 49 valence electrons. The van der Waals surface area contributed by atoms with Crippen molar-refractivity contribution in [1.82, 2.24) is 0 Å². The molecule has 0 saturated heterocycles. The Morgan fingerprint density at radius 3 is 2.90 bits per heavy atom. The molecule has 0 bridgehead atoms. The van der Waals surface area contributed by atoms with Gasteiger partial charge in [0.2, 0.25) is 0 Å². The van der Waals surface area contributed by atoms with Gasteiger partial charge in [0.25, 0.3) is 0 Å². The lowest BCUT2D eigenvalue weighted by Crippen LogP contribution is -1.60. The Labute approximate surface area is 63.2 Å². The topological polar surface area (TPSA) is 13.1 Å². The zero-order valence-electron chi connectivity index (χ0n) is 5.10. The van der Waals surface area contributed by atoms with Crippen LogP contribution in [0.1, 0.15) is 0 Å². The molecule has 0 atom stereocenters. The summed E-state index contributed by atoms with van der Waals surface area (Å²) in [4.78, 5) is 0. The van der Waals surface area contributed by atoms with Crippen molar-refractivity contribution in [3.8, 4) is 0 Å². The minimum atomic E-state index is 0.551. The van der Waals surface area contributed by atoms with Crippen molar-refractivity contribution in [1.29, 1.82) is 0 Å². The van der Waals surface area contributed by atoms with E-state index in [-0.39, 0.29) is 0 Å². The Morgan fingerprint density at radius 1 is 1.30 bits per heavy atom. The van der Waals surface area contributed by atoms with Crippen LogP contribution >= 0.6 is 11.6 Å². The van der Waals surface area contributed by atoms with E-state index in [1.165, 1.54) is 0 Å². The number of halogens is 1. The first-order valence-corrected chi connectivity index (χ1v) is 3.30. The van der Waals surface area contributed by atoms with Crippen LogP contribution in [-0.2, 0) is 0 Å². The minimum absolute atomic E-state index is 0.551. The number of hydrogen-bond donors (Lipinski definition) is 0. The van der Waals surface area contributed by atoms with E-state index in [1.807, 2.05) is 24.3 Å². The zero-order chi connectivity index (χ0) is 6.97. The monoisotopic (exact) mass is 151 g/mol. The Hall–Kier alpha value is -0.950. The van der Waals surface area contributed by atoms with Crippen LogP contribution < -0.4 is 0 Å². The van der Waals surface area contributed by atoms with Crippen molar-refractivity contribution in [2.45, 2.75) is 0 Å². The number of benzene rings is 1. The second-order valence-electron chi connectivity index (χ2n) is 2.01. The first-order valence-electron chi connectivity index (χ1n) is 2.92. The molecule has 2 rings (SSSR count). The predicted octanol–water partition coefficient (Wildman–Crippen LogP) is 2.89. The van der Waals surface area contributed by atoms with Gasteiger partial charge < -0.3 is 4.42 Å². The summed E-state index contributed by atoms with van der Waals surface area (Å²) in [7, 11) is 0. The number of para-hydroxylation sites is 1. The van der Waals surface area contributed by atoms with Gasteiger partial charge in [-0.2, -0.15) is 0 Å². The van der Waals surface area contributed by atoms with Gasteiger partial charge in [0, 0.05) is 5.39 Å². The lowest BCUT2D eigenvalue weighted by Gasteiger charge is -1.83. The second-order valence-corrected chi connectivity index (χ2v) is 2.39. The van der Waals surface area contributed by atoms with Crippen LogP contribution in [0.15, 0.2) is 28.7 Å². The summed E-state index contributed by atoms with van der Waals surface area (Å²) in [5.41, 5.74) is 0.785. The normalized spacial score (nSPS) is 10.5. The molecule has 2 heteroatoms. The SMILES string of the molecule is Clc1[c]oc2ccccc12. The van der Waals surface area contributed by atoms with E-state index in [2.05, 4.69) is 6.26 Å². The third kappa shape index (κ3) is 0.711.